The Bertz CT molecular complexity index is 383. The van der Waals surface area contributed by atoms with Gasteiger partial charge < -0.3 is 0 Å². The summed E-state index contributed by atoms with van der Waals surface area (Å²) in [6, 6.07) is 1.17. The van der Waals surface area contributed by atoms with Gasteiger partial charge in [-0.25, -0.2) is 13.2 Å². The molecule has 0 N–H and O–H groups in total. The van der Waals surface area contributed by atoms with Gasteiger partial charge in [0.2, 0.25) is 0 Å². The van der Waals surface area contributed by atoms with Crippen molar-refractivity contribution in [1.82, 2.24) is 0 Å². The van der Waals surface area contributed by atoms with Gasteiger partial charge in [-0.1, -0.05) is 0 Å². The summed E-state index contributed by atoms with van der Waals surface area (Å²) < 4.78 is 36.9. The predicted molar refractivity (Wildman–Crippen MR) is 45.7 cm³/mol. The molecule has 0 aliphatic carbocycles. The van der Waals surface area contributed by atoms with Crippen LogP contribution in [0.25, 0.3) is 0 Å². The van der Waals surface area contributed by atoms with E-state index in [0.717, 1.165) is 0 Å². The van der Waals surface area contributed by atoms with E-state index in [1.807, 2.05) is 0 Å². The Balaban J connectivity index is 3.31. The molecule has 0 bridgehead atoms. The summed E-state index contributed by atoms with van der Waals surface area (Å²) in [4.78, 5) is 9.42. The molecule has 1 aromatic carbocycles. The molecule has 0 saturated heterocycles. The van der Waals surface area contributed by atoms with Crippen LogP contribution < -0.4 is 0 Å². The molecule has 0 aromatic heterocycles. The number of nitro benzene ring substituents is 1. The summed E-state index contributed by atoms with van der Waals surface area (Å²) in [6.45, 7) is 0. The number of alkyl halides is 2. The van der Waals surface area contributed by atoms with Crippen molar-refractivity contribution >= 4 is 21.6 Å². The second-order valence-corrected chi connectivity index (χ2v) is 3.24. The zero-order valence-corrected chi connectivity index (χ0v) is 8.09. The molecule has 0 amide bonds. The lowest BCUT2D eigenvalue weighted by molar-refractivity contribution is -0.385. The standard InChI is InChI=1S/C7H3BrF3NO2/c8-4-1-3(7(10)11)5(9)2-6(4)12(13)14/h1-2,7H. The molecule has 14 heavy (non-hydrogen) atoms. The molecular formula is C7H3BrF3NO2. The van der Waals surface area contributed by atoms with E-state index < -0.39 is 28.4 Å². The summed E-state index contributed by atoms with van der Waals surface area (Å²) in [5, 5.41) is 10.3. The van der Waals surface area contributed by atoms with E-state index in [1.165, 1.54) is 0 Å². The Morgan fingerprint density at radius 2 is 2.00 bits per heavy atom. The van der Waals surface area contributed by atoms with Crippen molar-refractivity contribution in [3.8, 4) is 0 Å². The monoisotopic (exact) mass is 269 g/mol. The summed E-state index contributed by atoms with van der Waals surface area (Å²) in [5.41, 5.74) is -1.44. The number of nitro groups is 1. The van der Waals surface area contributed by atoms with Gasteiger partial charge in [-0.3, -0.25) is 10.1 Å². The lowest BCUT2D eigenvalue weighted by Crippen LogP contribution is -1.96. The molecular weight excluding hydrogens is 267 g/mol. The minimum atomic E-state index is -2.99. The summed E-state index contributed by atoms with van der Waals surface area (Å²) in [6.07, 6.45) is -2.99. The molecule has 1 aromatic rings. The first-order valence-corrected chi connectivity index (χ1v) is 4.14. The fraction of sp³-hybridized carbons (Fsp3) is 0.143. The van der Waals surface area contributed by atoms with Crippen LogP contribution >= 0.6 is 15.9 Å². The molecule has 0 radical (unpaired) electrons. The van der Waals surface area contributed by atoms with E-state index in [2.05, 4.69) is 15.9 Å². The minimum Gasteiger partial charge on any atom is -0.258 e. The van der Waals surface area contributed by atoms with Crippen LogP contribution in [0.4, 0.5) is 18.9 Å². The van der Waals surface area contributed by atoms with Gasteiger partial charge in [0.15, 0.2) is 0 Å². The Morgan fingerprint density at radius 1 is 1.43 bits per heavy atom. The van der Waals surface area contributed by atoms with E-state index in [1.54, 1.807) is 0 Å². The van der Waals surface area contributed by atoms with Crippen LogP contribution in [0, 0.1) is 15.9 Å². The number of rotatable bonds is 2. The van der Waals surface area contributed by atoms with Crippen LogP contribution in [-0.2, 0) is 0 Å². The Hall–Kier alpha value is -1.11. The summed E-state index contributed by atoms with van der Waals surface area (Å²) >= 11 is 2.71. The predicted octanol–water partition coefficient (Wildman–Crippen LogP) is 3.43. The molecule has 0 unspecified atom stereocenters. The zero-order chi connectivity index (χ0) is 10.9. The van der Waals surface area contributed by atoms with Gasteiger partial charge in [0.1, 0.15) is 5.82 Å². The van der Waals surface area contributed by atoms with Crippen molar-refractivity contribution in [3.63, 3.8) is 0 Å². The molecule has 76 valence electrons. The molecule has 1 rings (SSSR count). The second kappa shape index (κ2) is 3.95. The van der Waals surface area contributed by atoms with E-state index in [4.69, 9.17) is 0 Å². The lowest BCUT2D eigenvalue weighted by atomic mass is 10.2. The van der Waals surface area contributed by atoms with Gasteiger partial charge >= 0.3 is 0 Å². The summed E-state index contributed by atoms with van der Waals surface area (Å²) in [5.74, 6) is -1.28. The molecule has 0 heterocycles. The van der Waals surface area contributed by atoms with Gasteiger partial charge in [0, 0.05) is 0 Å². The van der Waals surface area contributed by atoms with Crippen LogP contribution in [0.2, 0.25) is 0 Å². The second-order valence-electron chi connectivity index (χ2n) is 2.38. The van der Waals surface area contributed by atoms with E-state index >= 15 is 0 Å². The first-order valence-electron chi connectivity index (χ1n) is 3.35. The van der Waals surface area contributed by atoms with Crippen molar-refractivity contribution in [2.75, 3.05) is 0 Å². The highest BCUT2D eigenvalue weighted by Crippen LogP contribution is 2.32. The van der Waals surface area contributed by atoms with Crippen molar-refractivity contribution in [2.24, 2.45) is 0 Å². The Kier molecular flexibility index (Phi) is 3.10. The molecule has 0 spiro atoms. The van der Waals surface area contributed by atoms with Crippen LogP contribution in [0.3, 0.4) is 0 Å². The molecule has 0 aliphatic rings. The van der Waals surface area contributed by atoms with Gasteiger partial charge in [-0.2, -0.15) is 0 Å². The van der Waals surface area contributed by atoms with E-state index in [9.17, 15) is 23.3 Å². The Labute approximate surface area is 84.8 Å². The van der Waals surface area contributed by atoms with E-state index in [0.29, 0.717) is 12.1 Å². The maximum atomic E-state index is 12.8. The average molecular weight is 270 g/mol. The molecule has 7 heteroatoms. The molecule has 0 saturated carbocycles. The van der Waals surface area contributed by atoms with Gasteiger partial charge in [-0.05, 0) is 22.0 Å². The van der Waals surface area contributed by atoms with Crippen molar-refractivity contribution in [1.29, 1.82) is 0 Å². The lowest BCUT2D eigenvalue weighted by Gasteiger charge is -2.02. The third kappa shape index (κ3) is 2.03. The van der Waals surface area contributed by atoms with Crippen molar-refractivity contribution in [2.45, 2.75) is 6.43 Å². The fourth-order valence-electron chi connectivity index (χ4n) is 0.859. The number of hydrogen-bond acceptors (Lipinski definition) is 2. The number of benzene rings is 1. The topological polar surface area (TPSA) is 43.1 Å². The summed E-state index contributed by atoms with van der Waals surface area (Å²) in [7, 11) is 0. The maximum Gasteiger partial charge on any atom is 0.286 e. The first-order chi connectivity index (χ1) is 6.43. The number of nitrogens with zero attached hydrogens (tertiary/aromatic N) is 1. The maximum absolute atomic E-state index is 12.8. The highest BCUT2D eigenvalue weighted by molar-refractivity contribution is 9.10. The van der Waals surface area contributed by atoms with Crippen molar-refractivity contribution in [3.05, 3.63) is 38.1 Å². The van der Waals surface area contributed by atoms with Crippen LogP contribution in [0.1, 0.15) is 12.0 Å². The Morgan fingerprint density at radius 3 is 2.43 bits per heavy atom. The largest absolute Gasteiger partial charge is 0.286 e. The SMILES string of the molecule is O=[N+]([O-])c1cc(F)c(C(F)F)cc1Br. The highest BCUT2D eigenvalue weighted by atomic mass is 79.9. The molecule has 0 fully saturated rings. The average Bonchev–Trinajstić information content (AvgIpc) is 2.07. The third-order valence-electron chi connectivity index (χ3n) is 1.50. The molecule has 3 nitrogen and oxygen atoms in total. The minimum absolute atomic E-state index is 0.167. The van der Waals surface area contributed by atoms with Crippen molar-refractivity contribution < 1.29 is 18.1 Å². The number of hydrogen-bond donors (Lipinski definition) is 0. The van der Waals surface area contributed by atoms with Gasteiger partial charge in [-0.15, -0.1) is 0 Å². The third-order valence-corrected chi connectivity index (χ3v) is 2.13. The molecule has 0 atom stereocenters. The smallest absolute Gasteiger partial charge is 0.258 e. The zero-order valence-electron chi connectivity index (χ0n) is 6.51. The van der Waals surface area contributed by atoms with E-state index in [-0.39, 0.29) is 4.47 Å². The first kappa shape index (κ1) is 11.0. The van der Waals surface area contributed by atoms with Crippen LogP contribution in [0.15, 0.2) is 16.6 Å². The van der Waals surface area contributed by atoms with Crippen LogP contribution in [-0.4, -0.2) is 4.92 Å². The normalized spacial score (nSPS) is 10.6. The quantitative estimate of drug-likeness (QED) is 0.610. The molecule has 0 aliphatic heterocycles. The van der Waals surface area contributed by atoms with Gasteiger partial charge in [0.05, 0.1) is 21.0 Å². The highest BCUT2D eigenvalue weighted by Gasteiger charge is 2.21. The number of halogens is 4. The van der Waals surface area contributed by atoms with Crippen LogP contribution in [0.5, 0.6) is 0 Å². The fourth-order valence-corrected chi connectivity index (χ4v) is 1.36. The van der Waals surface area contributed by atoms with Gasteiger partial charge in [0.25, 0.3) is 12.1 Å².